The minimum atomic E-state index is -1.18. The Bertz CT molecular complexity index is 1030. The van der Waals surface area contributed by atoms with Crippen LogP contribution in [0, 0.1) is 0 Å². The first-order chi connectivity index (χ1) is 16.2. The summed E-state index contributed by atoms with van der Waals surface area (Å²) in [5.74, 6) is 1.19. The van der Waals surface area contributed by atoms with Crippen molar-refractivity contribution in [3.05, 3.63) is 78.4 Å². The molecule has 3 aromatic carbocycles. The molecule has 0 N–H and O–H groups in total. The van der Waals surface area contributed by atoms with Gasteiger partial charge in [0, 0.05) is 13.0 Å². The fraction of sp³-hybridized carbons (Fsp3) is 0.296. The van der Waals surface area contributed by atoms with E-state index >= 15 is 0 Å². The molecule has 0 radical (unpaired) electrons. The molecule has 4 rings (SSSR count). The SMILES string of the molecule is CCCCOC(Cc1ccc(OCCN2c3ccccc3Oc3ccccc32)cc1)C(=O)[O-].[Na+]. The Labute approximate surface area is 222 Å². The van der Waals surface area contributed by atoms with Crippen LogP contribution in [-0.4, -0.2) is 31.8 Å². The summed E-state index contributed by atoms with van der Waals surface area (Å²) in [6.07, 6.45) is 1.11. The van der Waals surface area contributed by atoms with Crippen molar-refractivity contribution < 1.29 is 53.7 Å². The van der Waals surface area contributed by atoms with E-state index in [0.717, 1.165) is 47.0 Å². The third-order valence-corrected chi connectivity index (χ3v) is 5.54. The molecule has 0 saturated heterocycles. The summed E-state index contributed by atoms with van der Waals surface area (Å²) in [7, 11) is 0. The monoisotopic (exact) mass is 469 g/mol. The molecule has 0 bridgehead atoms. The Morgan fingerprint density at radius 1 is 0.941 bits per heavy atom. The van der Waals surface area contributed by atoms with Crippen LogP contribution in [0.1, 0.15) is 25.3 Å². The second-order valence-electron chi connectivity index (χ2n) is 7.92. The summed E-state index contributed by atoms with van der Waals surface area (Å²) in [6, 6.07) is 23.4. The molecule has 0 fully saturated rings. The number of fused-ring (bicyclic) bond motifs is 2. The largest absolute Gasteiger partial charge is 1.00 e. The van der Waals surface area contributed by atoms with Crippen molar-refractivity contribution in [2.45, 2.75) is 32.3 Å². The number of ether oxygens (including phenoxy) is 3. The first-order valence-electron chi connectivity index (χ1n) is 11.3. The van der Waals surface area contributed by atoms with Gasteiger partial charge in [0.15, 0.2) is 11.5 Å². The minimum Gasteiger partial charge on any atom is -0.547 e. The Kier molecular flexibility index (Phi) is 9.84. The Morgan fingerprint density at radius 3 is 2.15 bits per heavy atom. The van der Waals surface area contributed by atoms with Crippen molar-refractivity contribution in [2.75, 3.05) is 24.7 Å². The van der Waals surface area contributed by atoms with Gasteiger partial charge in [-0.05, 0) is 48.4 Å². The number of carboxylic acid groups (broad SMARTS) is 1. The zero-order valence-electron chi connectivity index (χ0n) is 19.7. The zero-order valence-corrected chi connectivity index (χ0v) is 21.7. The maximum Gasteiger partial charge on any atom is 1.00 e. The van der Waals surface area contributed by atoms with E-state index < -0.39 is 12.1 Å². The van der Waals surface area contributed by atoms with Crippen molar-refractivity contribution in [3.63, 3.8) is 0 Å². The summed E-state index contributed by atoms with van der Waals surface area (Å²) >= 11 is 0. The topological polar surface area (TPSA) is 71.1 Å². The van der Waals surface area contributed by atoms with E-state index in [1.165, 1.54) is 0 Å². The van der Waals surface area contributed by atoms with Gasteiger partial charge in [-0.15, -0.1) is 0 Å². The molecule has 0 saturated carbocycles. The third-order valence-electron chi connectivity index (χ3n) is 5.54. The fourth-order valence-corrected chi connectivity index (χ4v) is 3.79. The van der Waals surface area contributed by atoms with Gasteiger partial charge in [-0.3, -0.25) is 0 Å². The molecule has 0 amide bonds. The number of para-hydroxylation sites is 4. The van der Waals surface area contributed by atoms with Crippen molar-refractivity contribution in [1.82, 2.24) is 0 Å². The van der Waals surface area contributed by atoms with E-state index in [1.54, 1.807) is 0 Å². The summed E-state index contributed by atoms with van der Waals surface area (Å²) in [6.45, 7) is 3.58. The third kappa shape index (κ3) is 6.54. The molecular weight excluding hydrogens is 441 g/mol. The van der Waals surface area contributed by atoms with E-state index in [2.05, 4.69) is 4.90 Å². The molecule has 1 unspecified atom stereocenters. The summed E-state index contributed by atoms with van der Waals surface area (Å²) in [4.78, 5) is 13.6. The molecule has 172 valence electrons. The first-order valence-corrected chi connectivity index (χ1v) is 11.3. The van der Waals surface area contributed by atoms with Crippen LogP contribution in [0.4, 0.5) is 11.4 Å². The van der Waals surface area contributed by atoms with Crippen LogP contribution in [-0.2, 0) is 16.0 Å². The standard InChI is InChI=1S/C27H29NO5.Na/c1-2-3-17-32-26(27(29)30)19-20-12-14-21(15-13-20)31-18-16-28-22-8-4-6-10-24(22)33-25-11-7-5-9-23(25)28;/h4-15,26H,2-3,16-19H2,1H3,(H,29,30);/q;+1/p-1. The van der Waals surface area contributed by atoms with Crippen molar-refractivity contribution >= 4 is 17.3 Å². The van der Waals surface area contributed by atoms with Gasteiger partial charge in [0.1, 0.15) is 18.5 Å². The zero-order chi connectivity index (χ0) is 23.0. The Hall–Kier alpha value is -2.51. The van der Waals surface area contributed by atoms with Crippen molar-refractivity contribution in [2.24, 2.45) is 0 Å². The van der Waals surface area contributed by atoms with Crippen molar-refractivity contribution in [3.8, 4) is 17.2 Å². The fourth-order valence-electron chi connectivity index (χ4n) is 3.79. The van der Waals surface area contributed by atoms with Crippen LogP contribution >= 0.6 is 0 Å². The minimum absolute atomic E-state index is 0. The van der Waals surface area contributed by atoms with E-state index in [9.17, 15) is 9.90 Å². The number of unbranched alkanes of at least 4 members (excludes halogenated alkanes) is 1. The van der Waals surface area contributed by atoms with Crippen LogP contribution in [0.3, 0.4) is 0 Å². The van der Waals surface area contributed by atoms with Crippen molar-refractivity contribution in [1.29, 1.82) is 0 Å². The van der Waals surface area contributed by atoms with Crippen LogP contribution in [0.5, 0.6) is 17.2 Å². The number of anilines is 2. The summed E-state index contributed by atoms with van der Waals surface area (Å²) in [5, 5.41) is 11.4. The first kappa shape index (κ1) is 26.1. The number of nitrogens with zero attached hydrogens (tertiary/aromatic N) is 1. The molecule has 7 heteroatoms. The number of carbonyl (C=O) groups excluding carboxylic acids is 1. The number of aliphatic carboxylic acids is 1. The summed E-state index contributed by atoms with van der Waals surface area (Å²) in [5.41, 5.74) is 2.88. The van der Waals surface area contributed by atoms with Gasteiger partial charge in [0.2, 0.25) is 0 Å². The van der Waals surface area contributed by atoms with Crippen LogP contribution < -0.4 is 49.0 Å². The number of hydrogen-bond acceptors (Lipinski definition) is 6. The number of carbonyl (C=O) groups is 1. The number of rotatable bonds is 11. The molecule has 3 aromatic rings. The smallest absolute Gasteiger partial charge is 0.547 e. The maximum absolute atomic E-state index is 11.4. The maximum atomic E-state index is 11.4. The molecule has 34 heavy (non-hydrogen) atoms. The van der Waals surface area contributed by atoms with Gasteiger partial charge in [-0.25, -0.2) is 0 Å². The Balaban J connectivity index is 0.00000324. The molecule has 0 aromatic heterocycles. The molecule has 1 aliphatic heterocycles. The molecule has 1 atom stereocenters. The predicted molar refractivity (Wildman–Crippen MR) is 125 cm³/mol. The summed E-state index contributed by atoms with van der Waals surface area (Å²) < 4.78 is 17.5. The number of benzene rings is 3. The second-order valence-corrected chi connectivity index (χ2v) is 7.92. The molecule has 0 spiro atoms. The van der Waals surface area contributed by atoms with E-state index in [4.69, 9.17) is 14.2 Å². The van der Waals surface area contributed by atoms with E-state index in [-0.39, 0.29) is 36.0 Å². The van der Waals surface area contributed by atoms with Crippen LogP contribution in [0.25, 0.3) is 0 Å². The van der Waals surface area contributed by atoms with Gasteiger partial charge < -0.3 is 29.0 Å². The predicted octanol–water partition coefficient (Wildman–Crippen LogP) is 1.49. The normalized spacial score (nSPS) is 12.6. The van der Waals surface area contributed by atoms with E-state index in [0.29, 0.717) is 19.8 Å². The van der Waals surface area contributed by atoms with Gasteiger partial charge in [-0.2, -0.15) is 0 Å². The van der Waals surface area contributed by atoms with Gasteiger partial charge in [0.25, 0.3) is 0 Å². The number of carboxylic acids is 1. The van der Waals surface area contributed by atoms with Crippen LogP contribution in [0.15, 0.2) is 72.8 Å². The van der Waals surface area contributed by atoms with Crippen LogP contribution in [0.2, 0.25) is 0 Å². The van der Waals surface area contributed by atoms with Gasteiger partial charge in [0.05, 0.1) is 23.9 Å². The Morgan fingerprint density at radius 2 is 1.56 bits per heavy atom. The van der Waals surface area contributed by atoms with E-state index in [1.807, 2.05) is 79.7 Å². The molecule has 0 aliphatic carbocycles. The molecule has 6 nitrogen and oxygen atoms in total. The van der Waals surface area contributed by atoms with Gasteiger partial charge >= 0.3 is 29.6 Å². The number of hydrogen-bond donors (Lipinski definition) is 0. The molecule has 1 heterocycles. The average Bonchev–Trinajstić information content (AvgIpc) is 2.84. The average molecular weight is 470 g/mol. The molecule has 1 aliphatic rings. The molecular formula is C27H28NNaO5. The second kappa shape index (κ2) is 12.8. The quantitative estimate of drug-likeness (QED) is 0.313. The van der Waals surface area contributed by atoms with Gasteiger partial charge in [-0.1, -0.05) is 49.7 Å².